The molecule has 5 nitrogen and oxygen atoms in total. The smallest absolute Gasteiger partial charge is 0.269 e. The van der Waals surface area contributed by atoms with Gasteiger partial charge in [0.2, 0.25) is 0 Å². The van der Waals surface area contributed by atoms with Crippen molar-refractivity contribution < 1.29 is 10.0 Å². The largest absolute Gasteiger partial charge is 0.396 e. The van der Waals surface area contributed by atoms with Crippen LogP contribution in [-0.2, 0) is 6.54 Å². The van der Waals surface area contributed by atoms with E-state index in [1.807, 2.05) is 6.92 Å². The van der Waals surface area contributed by atoms with E-state index in [0.29, 0.717) is 23.7 Å². The SMILES string of the molecule is CC(CO)CNCc1cc([N+](=O)[O-])ccc1Cl. The number of halogens is 1. The summed E-state index contributed by atoms with van der Waals surface area (Å²) in [5.74, 6) is 0.146. The molecule has 1 aromatic rings. The predicted molar refractivity (Wildman–Crippen MR) is 66.1 cm³/mol. The van der Waals surface area contributed by atoms with Crippen LogP contribution in [0.4, 0.5) is 5.69 Å². The first-order valence-electron chi connectivity index (χ1n) is 5.29. The van der Waals surface area contributed by atoms with E-state index in [0.717, 1.165) is 0 Å². The second kappa shape index (κ2) is 6.54. The van der Waals surface area contributed by atoms with Crippen LogP contribution in [0.25, 0.3) is 0 Å². The fourth-order valence-electron chi connectivity index (χ4n) is 1.33. The van der Waals surface area contributed by atoms with E-state index in [1.54, 1.807) is 0 Å². The number of aliphatic hydroxyl groups is 1. The Balaban J connectivity index is 2.63. The van der Waals surface area contributed by atoms with E-state index in [2.05, 4.69) is 5.32 Å². The van der Waals surface area contributed by atoms with Gasteiger partial charge in [0.05, 0.1) is 4.92 Å². The van der Waals surface area contributed by atoms with E-state index in [1.165, 1.54) is 18.2 Å². The van der Waals surface area contributed by atoms with E-state index >= 15 is 0 Å². The zero-order valence-electron chi connectivity index (χ0n) is 9.52. The molecular weight excluding hydrogens is 244 g/mol. The molecule has 1 atom stereocenters. The summed E-state index contributed by atoms with van der Waals surface area (Å²) in [6.07, 6.45) is 0. The van der Waals surface area contributed by atoms with Crippen molar-refractivity contribution in [2.75, 3.05) is 13.2 Å². The number of rotatable bonds is 6. The lowest BCUT2D eigenvalue weighted by Gasteiger charge is -2.10. The van der Waals surface area contributed by atoms with Crippen molar-refractivity contribution in [2.45, 2.75) is 13.5 Å². The molecule has 0 aromatic heterocycles. The van der Waals surface area contributed by atoms with Crippen LogP contribution in [0.1, 0.15) is 12.5 Å². The Morgan fingerprint density at radius 1 is 1.59 bits per heavy atom. The van der Waals surface area contributed by atoms with Crippen molar-refractivity contribution in [3.8, 4) is 0 Å². The van der Waals surface area contributed by atoms with Crippen molar-refractivity contribution in [1.82, 2.24) is 5.32 Å². The highest BCUT2D eigenvalue weighted by Gasteiger charge is 2.09. The Morgan fingerprint density at radius 3 is 2.88 bits per heavy atom. The van der Waals surface area contributed by atoms with Gasteiger partial charge in [-0.05, 0) is 17.5 Å². The maximum atomic E-state index is 10.6. The Hall–Kier alpha value is -1.17. The first-order valence-corrected chi connectivity index (χ1v) is 5.66. The molecule has 0 heterocycles. The summed E-state index contributed by atoms with van der Waals surface area (Å²) < 4.78 is 0. The third-order valence-electron chi connectivity index (χ3n) is 2.36. The summed E-state index contributed by atoms with van der Waals surface area (Å²) in [6.45, 7) is 3.10. The van der Waals surface area contributed by atoms with Gasteiger partial charge in [-0.15, -0.1) is 0 Å². The Morgan fingerprint density at radius 2 is 2.29 bits per heavy atom. The fraction of sp³-hybridized carbons (Fsp3) is 0.455. The molecule has 0 fully saturated rings. The minimum Gasteiger partial charge on any atom is -0.396 e. The molecule has 0 amide bonds. The monoisotopic (exact) mass is 258 g/mol. The van der Waals surface area contributed by atoms with Gasteiger partial charge in [-0.3, -0.25) is 10.1 Å². The molecule has 6 heteroatoms. The predicted octanol–water partition coefficient (Wildman–Crippen LogP) is 1.97. The van der Waals surface area contributed by atoms with Crippen LogP contribution in [0.2, 0.25) is 5.02 Å². The third-order valence-corrected chi connectivity index (χ3v) is 2.73. The quantitative estimate of drug-likeness (QED) is 0.604. The summed E-state index contributed by atoms with van der Waals surface area (Å²) in [7, 11) is 0. The van der Waals surface area contributed by atoms with Crippen LogP contribution in [0, 0.1) is 16.0 Å². The molecule has 94 valence electrons. The number of nitrogens with zero attached hydrogens (tertiary/aromatic N) is 1. The molecule has 17 heavy (non-hydrogen) atoms. The number of nitrogens with one attached hydrogen (secondary N) is 1. The molecule has 1 unspecified atom stereocenters. The summed E-state index contributed by atoms with van der Waals surface area (Å²) in [5.41, 5.74) is 0.715. The normalized spacial score (nSPS) is 12.4. The molecule has 0 aliphatic carbocycles. The number of aliphatic hydroxyl groups excluding tert-OH is 1. The van der Waals surface area contributed by atoms with Gasteiger partial charge in [-0.1, -0.05) is 18.5 Å². The lowest BCUT2D eigenvalue weighted by molar-refractivity contribution is -0.384. The Labute approximate surface area is 105 Å². The van der Waals surface area contributed by atoms with Gasteiger partial charge in [0.15, 0.2) is 0 Å². The van der Waals surface area contributed by atoms with Gasteiger partial charge in [0.25, 0.3) is 5.69 Å². The van der Waals surface area contributed by atoms with Crippen LogP contribution in [0.5, 0.6) is 0 Å². The van der Waals surface area contributed by atoms with Gasteiger partial charge in [0.1, 0.15) is 0 Å². The van der Waals surface area contributed by atoms with E-state index in [4.69, 9.17) is 16.7 Å². The minimum absolute atomic E-state index is 0.0291. The second-order valence-corrected chi connectivity index (χ2v) is 4.36. The molecule has 1 rings (SSSR count). The van der Waals surface area contributed by atoms with Crippen LogP contribution in [0.3, 0.4) is 0 Å². The second-order valence-electron chi connectivity index (χ2n) is 3.95. The standard InChI is InChI=1S/C11H15ClN2O3/c1-8(7-15)5-13-6-9-4-10(14(16)17)2-3-11(9)12/h2-4,8,13,15H,5-7H2,1H3. The highest BCUT2D eigenvalue weighted by atomic mass is 35.5. The lowest BCUT2D eigenvalue weighted by Crippen LogP contribution is -2.22. The molecule has 0 aliphatic rings. The van der Waals surface area contributed by atoms with Gasteiger partial charge in [-0.2, -0.15) is 0 Å². The van der Waals surface area contributed by atoms with Crippen molar-refractivity contribution in [3.05, 3.63) is 38.9 Å². The van der Waals surface area contributed by atoms with Crippen molar-refractivity contribution in [2.24, 2.45) is 5.92 Å². The third kappa shape index (κ3) is 4.30. The summed E-state index contributed by atoms with van der Waals surface area (Å²) in [5, 5.41) is 23.0. The van der Waals surface area contributed by atoms with Crippen LogP contribution in [-0.4, -0.2) is 23.2 Å². The zero-order valence-corrected chi connectivity index (χ0v) is 10.3. The lowest BCUT2D eigenvalue weighted by atomic mass is 10.1. The summed E-state index contributed by atoms with van der Waals surface area (Å²) in [6, 6.07) is 4.35. The first kappa shape index (κ1) is 13.9. The van der Waals surface area contributed by atoms with Gasteiger partial charge >= 0.3 is 0 Å². The molecule has 0 aliphatic heterocycles. The van der Waals surface area contributed by atoms with E-state index in [9.17, 15) is 10.1 Å². The van der Waals surface area contributed by atoms with Crippen molar-refractivity contribution in [1.29, 1.82) is 0 Å². The average molecular weight is 259 g/mol. The highest BCUT2D eigenvalue weighted by molar-refractivity contribution is 6.31. The Bertz CT molecular complexity index is 398. The number of hydrogen-bond acceptors (Lipinski definition) is 4. The molecule has 2 N–H and O–H groups in total. The molecule has 0 saturated carbocycles. The molecule has 0 spiro atoms. The highest BCUT2D eigenvalue weighted by Crippen LogP contribution is 2.21. The fourth-order valence-corrected chi connectivity index (χ4v) is 1.51. The zero-order chi connectivity index (χ0) is 12.8. The molecule has 0 radical (unpaired) electrons. The summed E-state index contributed by atoms with van der Waals surface area (Å²) >= 11 is 5.94. The van der Waals surface area contributed by atoms with E-state index in [-0.39, 0.29) is 18.2 Å². The Kier molecular flexibility index (Phi) is 5.34. The average Bonchev–Trinajstić information content (AvgIpc) is 2.30. The minimum atomic E-state index is -0.448. The topological polar surface area (TPSA) is 75.4 Å². The van der Waals surface area contributed by atoms with E-state index < -0.39 is 4.92 Å². The molecule has 0 saturated heterocycles. The van der Waals surface area contributed by atoms with Crippen LogP contribution >= 0.6 is 11.6 Å². The van der Waals surface area contributed by atoms with Crippen molar-refractivity contribution >= 4 is 17.3 Å². The number of nitro benzene ring substituents is 1. The van der Waals surface area contributed by atoms with Gasteiger partial charge in [0, 0.05) is 36.9 Å². The van der Waals surface area contributed by atoms with Gasteiger partial charge in [-0.25, -0.2) is 0 Å². The number of hydrogen-bond donors (Lipinski definition) is 2. The molecular formula is C11H15ClN2O3. The maximum Gasteiger partial charge on any atom is 0.269 e. The first-order chi connectivity index (χ1) is 8.04. The number of nitro groups is 1. The summed E-state index contributed by atoms with van der Waals surface area (Å²) in [4.78, 5) is 10.2. The van der Waals surface area contributed by atoms with Crippen LogP contribution in [0.15, 0.2) is 18.2 Å². The maximum absolute atomic E-state index is 10.6. The molecule has 0 bridgehead atoms. The van der Waals surface area contributed by atoms with Crippen molar-refractivity contribution in [3.63, 3.8) is 0 Å². The number of non-ortho nitro benzene ring substituents is 1. The molecule has 1 aromatic carbocycles. The van der Waals surface area contributed by atoms with Crippen LogP contribution < -0.4 is 5.32 Å². The number of benzene rings is 1. The van der Waals surface area contributed by atoms with Gasteiger partial charge < -0.3 is 10.4 Å².